The van der Waals surface area contributed by atoms with E-state index in [0.717, 1.165) is 22.3 Å². The summed E-state index contributed by atoms with van der Waals surface area (Å²) in [5, 5.41) is 14.9. The molecule has 188 valence electrons. The smallest absolute Gasteiger partial charge is 0.407 e. The second kappa shape index (κ2) is 10.9. The predicted octanol–water partition coefficient (Wildman–Crippen LogP) is 4.80. The topological polar surface area (TPSA) is 105 Å². The van der Waals surface area contributed by atoms with Gasteiger partial charge in [0.2, 0.25) is 5.91 Å². The van der Waals surface area contributed by atoms with Crippen LogP contribution in [0.5, 0.6) is 0 Å². The molecule has 0 radical (unpaired) electrons. The number of carboxylic acids is 1. The van der Waals surface area contributed by atoms with Crippen LogP contribution in [0.1, 0.15) is 58.1 Å². The zero-order valence-electron chi connectivity index (χ0n) is 21.1. The van der Waals surface area contributed by atoms with Crippen LogP contribution in [0.25, 0.3) is 11.1 Å². The van der Waals surface area contributed by atoms with E-state index in [1.807, 2.05) is 71.0 Å². The lowest BCUT2D eigenvalue weighted by Gasteiger charge is -2.30. The Labute approximate surface area is 207 Å². The Morgan fingerprint density at radius 1 is 0.971 bits per heavy atom. The Morgan fingerprint density at radius 3 is 2.00 bits per heavy atom. The number of hydrogen-bond acceptors (Lipinski definition) is 4. The molecule has 0 fully saturated rings. The molecule has 0 bridgehead atoms. The lowest BCUT2D eigenvalue weighted by molar-refractivity contribution is -0.142. The largest absolute Gasteiger partial charge is 0.481 e. The molecule has 2 amide bonds. The minimum atomic E-state index is -0.948. The van der Waals surface area contributed by atoms with E-state index in [-0.39, 0.29) is 25.0 Å². The van der Waals surface area contributed by atoms with Gasteiger partial charge in [-0.05, 0) is 40.0 Å². The van der Waals surface area contributed by atoms with Crippen LogP contribution in [0, 0.1) is 17.3 Å². The van der Waals surface area contributed by atoms with E-state index in [2.05, 4.69) is 22.8 Å². The molecular formula is C28H36N2O5. The number of rotatable bonds is 9. The standard InChI is InChI=1S/C28H36N2O5/c1-17(2)14-18(26(32)33)15-29-25(31)24(28(3,4)5)30-27(34)35-16-23-21-12-8-6-10-19(21)20-11-7-9-13-22(20)23/h6-13,17-18,23-24H,14-16H2,1-5H3,(H,29,31)(H,30,34)(H,32,33)/t18?,24-/m1/s1. The maximum absolute atomic E-state index is 13.0. The summed E-state index contributed by atoms with van der Waals surface area (Å²) in [6, 6.07) is 15.3. The van der Waals surface area contributed by atoms with Gasteiger partial charge in [0.05, 0.1) is 5.92 Å². The van der Waals surface area contributed by atoms with Gasteiger partial charge in [-0.15, -0.1) is 0 Å². The molecule has 2 aromatic rings. The molecule has 1 aliphatic rings. The van der Waals surface area contributed by atoms with Crippen molar-refractivity contribution in [2.45, 2.75) is 53.0 Å². The molecule has 3 N–H and O–H groups in total. The summed E-state index contributed by atoms with van der Waals surface area (Å²) in [6.45, 7) is 9.54. The van der Waals surface area contributed by atoms with Crippen LogP contribution in [-0.4, -0.2) is 42.3 Å². The van der Waals surface area contributed by atoms with E-state index in [0.29, 0.717) is 6.42 Å². The molecule has 0 saturated heterocycles. The van der Waals surface area contributed by atoms with Crippen LogP contribution in [-0.2, 0) is 14.3 Å². The summed E-state index contributed by atoms with van der Waals surface area (Å²) >= 11 is 0. The maximum atomic E-state index is 13.0. The number of carboxylic acid groups (broad SMARTS) is 1. The number of alkyl carbamates (subject to hydrolysis) is 1. The first-order valence-corrected chi connectivity index (χ1v) is 12.1. The van der Waals surface area contributed by atoms with Crippen LogP contribution < -0.4 is 10.6 Å². The second-order valence-electron chi connectivity index (χ2n) is 10.7. The average Bonchev–Trinajstić information content (AvgIpc) is 3.11. The Bertz CT molecular complexity index is 1030. The second-order valence-corrected chi connectivity index (χ2v) is 10.7. The van der Waals surface area contributed by atoms with E-state index in [4.69, 9.17) is 4.74 Å². The van der Waals surface area contributed by atoms with Gasteiger partial charge >= 0.3 is 12.1 Å². The summed E-state index contributed by atoms with van der Waals surface area (Å²) < 4.78 is 5.61. The third kappa shape index (κ3) is 6.41. The van der Waals surface area contributed by atoms with Gasteiger partial charge in [-0.2, -0.15) is 0 Å². The highest BCUT2D eigenvalue weighted by Gasteiger charge is 2.35. The summed E-state index contributed by atoms with van der Waals surface area (Å²) in [6.07, 6.45) is -0.228. The van der Waals surface area contributed by atoms with Crippen molar-refractivity contribution in [1.29, 1.82) is 0 Å². The van der Waals surface area contributed by atoms with Crippen LogP contribution in [0.4, 0.5) is 4.79 Å². The first-order chi connectivity index (χ1) is 16.5. The number of ether oxygens (including phenoxy) is 1. The first-order valence-electron chi connectivity index (χ1n) is 12.1. The molecular weight excluding hydrogens is 444 g/mol. The predicted molar refractivity (Wildman–Crippen MR) is 135 cm³/mol. The Morgan fingerprint density at radius 2 is 1.51 bits per heavy atom. The molecule has 35 heavy (non-hydrogen) atoms. The normalized spacial score (nSPS) is 14.6. The average molecular weight is 481 g/mol. The molecule has 1 unspecified atom stereocenters. The van der Waals surface area contributed by atoms with Gasteiger partial charge in [-0.25, -0.2) is 4.79 Å². The molecule has 0 aliphatic heterocycles. The lowest BCUT2D eigenvalue weighted by atomic mass is 9.86. The summed E-state index contributed by atoms with van der Waals surface area (Å²) in [4.78, 5) is 37.3. The van der Waals surface area contributed by atoms with Crippen LogP contribution >= 0.6 is 0 Å². The van der Waals surface area contributed by atoms with Crippen molar-refractivity contribution >= 4 is 18.0 Å². The van der Waals surface area contributed by atoms with Crippen molar-refractivity contribution in [1.82, 2.24) is 10.6 Å². The van der Waals surface area contributed by atoms with Crippen molar-refractivity contribution in [3.05, 3.63) is 59.7 Å². The summed E-state index contributed by atoms with van der Waals surface area (Å²) in [5.74, 6) is -1.96. The molecule has 0 aromatic heterocycles. The zero-order valence-corrected chi connectivity index (χ0v) is 21.1. The molecule has 7 nitrogen and oxygen atoms in total. The van der Waals surface area contributed by atoms with Gasteiger partial charge < -0.3 is 20.5 Å². The van der Waals surface area contributed by atoms with Crippen LogP contribution in [0.3, 0.4) is 0 Å². The van der Waals surface area contributed by atoms with Crippen molar-refractivity contribution in [2.24, 2.45) is 17.3 Å². The molecule has 0 spiro atoms. The Kier molecular flexibility index (Phi) is 8.20. The lowest BCUT2D eigenvalue weighted by Crippen LogP contribution is -2.54. The van der Waals surface area contributed by atoms with Gasteiger partial charge in [-0.3, -0.25) is 9.59 Å². The quantitative estimate of drug-likeness (QED) is 0.478. The number of carbonyl (C=O) groups is 3. The molecule has 3 rings (SSSR count). The number of hydrogen-bond donors (Lipinski definition) is 3. The molecule has 1 aliphatic carbocycles. The third-order valence-corrected chi connectivity index (χ3v) is 6.36. The number of aliphatic carboxylic acids is 1. The highest BCUT2D eigenvalue weighted by molar-refractivity contribution is 5.87. The number of amides is 2. The van der Waals surface area contributed by atoms with Gasteiger partial charge in [-0.1, -0.05) is 83.1 Å². The van der Waals surface area contributed by atoms with E-state index in [1.54, 1.807) is 0 Å². The van der Waals surface area contributed by atoms with Crippen molar-refractivity contribution < 1.29 is 24.2 Å². The molecule has 7 heteroatoms. The van der Waals surface area contributed by atoms with E-state index < -0.39 is 35.3 Å². The Balaban J connectivity index is 1.64. The van der Waals surface area contributed by atoms with E-state index >= 15 is 0 Å². The van der Waals surface area contributed by atoms with E-state index in [9.17, 15) is 19.5 Å². The highest BCUT2D eigenvalue weighted by atomic mass is 16.5. The fourth-order valence-electron chi connectivity index (χ4n) is 4.60. The van der Waals surface area contributed by atoms with Gasteiger partial charge in [0, 0.05) is 12.5 Å². The van der Waals surface area contributed by atoms with Crippen LogP contribution in [0.15, 0.2) is 48.5 Å². The van der Waals surface area contributed by atoms with Gasteiger partial charge in [0.25, 0.3) is 0 Å². The fourth-order valence-corrected chi connectivity index (χ4v) is 4.60. The molecule has 2 atom stereocenters. The van der Waals surface area contributed by atoms with E-state index in [1.165, 1.54) is 0 Å². The zero-order chi connectivity index (χ0) is 25.8. The van der Waals surface area contributed by atoms with Crippen molar-refractivity contribution in [2.75, 3.05) is 13.2 Å². The van der Waals surface area contributed by atoms with Crippen LogP contribution in [0.2, 0.25) is 0 Å². The third-order valence-electron chi connectivity index (χ3n) is 6.36. The summed E-state index contributed by atoms with van der Waals surface area (Å²) in [5.41, 5.74) is 3.89. The number of benzene rings is 2. The SMILES string of the molecule is CC(C)CC(CNC(=O)[C@@H](NC(=O)OCC1c2ccccc2-c2ccccc21)C(C)(C)C)C(=O)O. The fraction of sp³-hybridized carbons (Fsp3) is 0.464. The first kappa shape index (κ1) is 26.3. The Hall–Kier alpha value is -3.35. The molecule has 2 aromatic carbocycles. The molecule has 0 heterocycles. The minimum Gasteiger partial charge on any atom is -0.481 e. The van der Waals surface area contributed by atoms with Gasteiger partial charge in [0.1, 0.15) is 12.6 Å². The number of carbonyl (C=O) groups excluding carboxylic acids is 2. The van der Waals surface area contributed by atoms with Crippen molar-refractivity contribution in [3.8, 4) is 11.1 Å². The van der Waals surface area contributed by atoms with Crippen molar-refractivity contribution in [3.63, 3.8) is 0 Å². The summed E-state index contributed by atoms with van der Waals surface area (Å²) in [7, 11) is 0. The number of nitrogens with one attached hydrogen (secondary N) is 2. The molecule has 0 saturated carbocycles. The monoisotopic (exact) mass is 480 g/mol. The maximum Gasteiger partial charge on any atom is 0.407 e. The highest BCUT2D eigenvalue weighted by Crippen LogP contribution is 2.44. The number of fused-ring (bicyclic) bond motifs is 3. The minimum absolute atomic E-state index is 0.00525. The van der Waals surface area contributed by atoms with Gasteiger partial charge in [0.15, 0.2) is 0 Å².